The van der Waals surface area contributed by atoms with Crippen molar-refractivity contribution in [3.8, 4) is 0 Å². The first-order chi connectivity index (χ1) is 6.31. The summed E-state index contributed by atoms with van der Waals surface area (Å²) in [5.74, 6) is 0. The fourth-order valence-corrected chi connectivity index (χ4v) is 1.27. The highest BCUT2D eigenvalue weighted by atomic mass is 31.2. The molecule has 0 aliphatic carbocycles. The molecule has 0 aromatic carbocycles. The minimum absolute atomic E-state index is 0.420. The van der Waals surface area contributed by atoms with E-state index in [0.717, 1.165) is 0 Å². The number of hydrogen-bond donors (Lipinski definition) is 1. The van der Waals surface area contributed by atoms with E-state index in [0.29, 0.717) is 0 Å². The Morgan fingerprint density at radius 3 is 2.85 bits per heavy atom. The molecule has 4 atom stereocenters. The van der Waals surface area contributed by atoms with E-state index in [4.69, 9.17) is 10.4 Å². The summed E-state index contributed by atoms with van der Waals surface area (Å²) in [5.41, 5.74) is 7.72. The first kappa shape index (κ1) is 13.3. The lowest BCUT2D eigenvalue weighted by molar-refractivity contribution is -0.274. The molecule has 8 nitrogen and oxygen atoms in total. The van der Waals surface area contributed by atoms with Crippen LogP contribution in [0.1, 0.15) is 0 Å². The summed E-state index contributed by atoms with van der Waals surface area (Å²) < 4.78 is 25.1. The molecule has 0 saturated heterocycles. The van der Waals surface area contributed by atoms with Crippen LogP contribution in [0.3, 0.4) is 0 Å². The van der Waals surface area contributed by atoms with Gasteiger partial charge in [0.15, 0.2) is 27.1 Å². The fourth-order valence-electron chi connectivity index (χ4n) is 0.193. The van der Waals surface area contributed by atoms with E-state index < -0.39 is 33.6 Å². The van der Waals surface area contributed by atoms with E-state index in [-0.39, 0.29) is 0 Å². The van der Waals surface area contributed by atoms with Crippen molar-refractivity contribution in [3.05, 3.63) is 10.4 Å². The van der Waals surface area contributed by atoms with Gasteiger partial charge in [-0.25, -0.2) is 4.39 Å². The molecule has 0 amide bonds. The Morgan fingerprint density at radius 2 is 2.23 bits per heavy atom. The second-order valence-corrected chi connectivity index (χ2v) is 3.45. The standard InChI is InChI=1S/CH5FN3O5P3/c2-1(4-5-3)7-8-12-10-13-9-11-6/h1,6,11-13H. The monoisotopic (exact) mass is 251 g/mol. The van der Waals surface area contributed by atoms with Gasteiger partial charge >= 0.3 is 6.48 Å². The van der Waals surface area contributed by atoms with Crippen molar-refractivity contribution in [1.82, 2.24) is 0 Å². The maximum absolute atomic E-state index is 12.1. The third-order valence-electron chi connectivity index (χ3n) is 0.475. The second-order valence-electron chi connectivity index (χ2n) is 1.14. The lowest BCUT2D eigenvalue weighted by Gasteiger charge is -2.02. The summed E-state index contributed by atoms with van der Waals surface area (Å²) in [6.45, 7) is -2.20. The van der Waals surface area contributed by atoms with Crippen molar-refractivity contribution in [3.63, 3.8) is 0 Å². The Labute approximate surface area is 77.5 Å². The van der Waals surface area contributed by atoms with E-state index >= 15 is 0 Å². The molecule has 0 aliphatic heterocycles. The Balaban J connectivity index is 3.11. The van der Waals surface area contributed by atoms with Gasteiger partial charge in [0.05, 0.1) is 0 Å². The van der Waals surface area contributed by atoms with Gasteiger partial charge in [0.25, 0.3) is 0 Å². The molecule has 0 fully saturated rings. The van der Waals surface area contributed by atoms with Crippen LogP contribution in [0, 0.1) is 0 Å². The number of azide groups is 1. The molecule has 0 aromatic heterocycles. The molecule has 0 rings (SSSR count). The van der Waals surface area contributed by atoms with Gasteiger partial charge in [-0.05, 0) is 10.6 Å². The highest BCUT2D eigenvalue weighted by Crippen LogP contribution is 2.33. The van der Waals surface area contributed by atoms with Crippen LogP contribution in [-0.4, -0.2) is 11.4 Å². The van der Waals surface area contributed by atoms with Gasteiger partial charge < -0.3 is 4.89 Å². The molecule has 76 valence electrons. The first-order valence-corrected chi connectivity index (χ1v) is 5.01. The lowest BCUT2D eigenvalue weighted by Crippen LogP contribution is -1.97. The minimum Gasteiger partial charge on any atom is -0.352 e. The topological polar surface area (TPSA) is 106 Å². The van der Waals surface area contributed by atoms with Gasteiger partial charge in [0.1, 0.15) is 0 Å². The molecule has 1 N–H and O–H groups in total. The fraction of sp³-hybridized carbons (Fsp3) is 1.00. The molecule has 13 heavy (non-hydrogen) atoms. The zero-order valence-electron chi connectivity index (χ0n) is 5.88. The number of rotatable bonds is 8. The highest BCUT2D eigenvalue weighted by molar-refractivity contribution is 7.46. The van der Waals surface area contributed by atoms with Crippen LogP contribution in [-0.2, 0) is 18.2 Å². The molecule has 0 spiro atoms. The number of hydrogen-bond acceptors (Lipinski definition) is 6. The van der Waals surface area contributed by atoms with Crippen molar-refractivity contribution in [1.29, 1.82) is 0 Å². The Bertz CT molecular complexity index is 167. The predicted molar refractivity (Wildman–Crippen MR) is 45.5 cm³/mol. The second kappa shape index (κ2) is 10.4. The van der Waals surface area contributed by atoms with Gasteiger partial charge in [0, 0.05) is 4.91 Å². The van der Waals surface area contributed by atoms with Gasteiger partial charge in [-0.1, -0.05) is 0 Å². The quantitative estimate of drug-likeness (QED) is 0.104. The molecular weight excluding hydrogens is 246 g/mol. The molecule has 0 heterocycles. The van der Waals surface area contributed by atoms with Crippen LogP contribution in [0.2, 0.25) is 0 Å². The summed E-state index contributed by atoms with van der Waals surface area (Å²) in [7, 11) is -1.73. The zero-order valence-corrected chi connectivity index (χ0v) is 8.88. The number of nitrogens with zero attached hydrogens (tertiary/aromatic N) is 3. The number of alkyl halides is 1. The van der Waals surface area contributed by atoms with Gasteiger partial charge in [-0.15, -0.1) is 0 Å². The summed E-state index contributed by atoms with van der Waals surface area (Å²) in [6, 6.07) is 0. The molecule has 0 saturated carbocycles. The average Bonchev–Trinajstić information content (AvgIpc) is 2.11. The maximum Gasteiger partial charge on any atom is 0.309 e. The lowest BCUT2D eigenvalue weighted by atomic mass is 11.3. The Morgan fingerprint density at radius 1 is 1.46 bits per heavy atom. The number of halogens is 1. The predicted octanol–water partition coefficient (Wildman–Crippen LogP) is 2.05. The van der Waals surface area contributed by atoms with Crippen molar-refractivity contribution >= 4 is 27.1 Å². The third kappa shape index (κ3) is 10.2. The third-order valence-corrected chi connectivity index (χ3v) is 2.00. The van der Waals surface area contributed by atoms with Gasteiger partial charge in [-0.2, -0.15) is 9.56 Å². The van der Waals surface area contributed by atoms with Gasteiger partial charge in [-0.3, -0.25) is 8.62 Å². The first-order valence-electron chi connectivity index (χ1n) is 2.52. The minimum atomic E-state index is -2.20. The molecular formula is CH5FN3O5P3. The van der Waals surface area contributed by atoms with Crippen molar-refractivity contribution in [2.75, 3.05) is 0 Å². The Hall–Kier alpha value is 0.330. The SMILES string of the molecule is [N-]=[N+]=NC(F)OOPOPOPO. The summed E-state index contributed by atoms with van der Waals surface area (Å²) in [4.78, 5) is 14.1. The molecule has 0 aromatic rings. The zero-order chi connectivity index (χ0) is 9.94. The van der Waals surface area contributed by atoms with Crippen molar-refractivity contribution in [2.45, 2.75) is 6.48 Å². The highest BCUT2D eigenvalue weighted by Gasteiger charge is 2.02. The molecule has 0 radical (unpaired) electrons. The van der Waals surface area contributed by atoms with E-state index in [1.807, 2.05) is 0 Å². The molecule has 4 unspecified atom stereocenters. The van der Waals surface area contributed by atoms with Crippen LogP contribution >= 0.6 is 27.1 Å². The van der Waals surface area contributed by atoms with Crippen LogP contribution in [0.15, 0.2) is 5.11 Å². The normalized spacial score (nSPS) is 14.9. The average molecular weight is 251 g/mol. The van der Waals surface area contributed by atoms with Crippen molar-refractivity contribution in [2.24, 2.45) is 5.11 Å². The summed E-state index contributed by atoms with van der Waals surface area (Å²) in [6.07, 6.45) is 0. The largest absolute Gasteiger partial charge is 0.352 e. The van der Waals surface area contributed by atoms with Crippen LogP contribution < -0.4 is 0 Å². The summed E-state index contributed by atoms with van der Waals surface area (Å²) >= 11 is 0. The van der Waals surface area contributed by atoms with E-state index in [1.54, 1.807) is 0 Å². The smallest absolute Gasteiger partial charge is 0.309 e. The van der Waals surface area contributed by atoms with E-state index in [1.165, 1.54) is 0 Å². The van der Waals surface area contributed by atoms with E-state index in [2.05, 4.69) is 28.2 Å². The Kier molecular flexibility index (Phi) is 10.7. The van der Waals surface area contributed by atoms with Crippen LogP contribution in [0.4, 0.5) is 4.39 Å². The van der Waals surface area contributed by atoms with E-state index in [9.17, 15) is 4.39 Å². The van der Waals surface area contributed by atoms with Gasteiger partial charge in [0.2, 0.25) is 0 Å². The molecule has 0 aliphatic rings. The molecule has 12 heteroatoms. The van der Waals surface area contributed by atoms with Crippen molar-refractivity contribution < 1.29 is 27.5 Å². The van der Waals surface area contributed by atoms with Crippen LogP contribution in [0.25, 0.3) is 10.4 Å². The molecule has 0 bridgehead atoms. The maximum atomic E-state index is 12.1. The summed E-state index contributed by atoms with van der Waals surface area (Å²) in [5, 5.41) is 2.51. The van der Waals surface area contributed by atoms with Crippen LogP contribution in [0.5, 0.6) is 0 Å².